The van der Waals surface area contributed by atoms with E-state index < -0.39 is 0 Å². The molecule has 0 bridgehead atoms. The Morgan fingerprint density at radius 1 is 1.00 bits per heavy atom. The molecule has 2 saturated carbocycles. The Morgan fingerprint density at radius 3 is 2.36 bits per heavy atom. The van der Waals surface area contributed by atoms with Crippen molar-refractivity contribution < 1.29 is 9.53 Å². The normalized spacial score (nSPS) is 27.7. The Balaban J connectivity index is 1.47. The SMILES string of the molecule is CCOC(=O)c1cccc(/C=C2\CCC3(c4cc5c(cc4C)C(C)(C)CCC5(C)C)CC23)c1. The van der Waals surface area contributed by atoms with E-state index in [2.05, 4.69) is 58.9 Å². The van der Waals surface area contributed by atoms with Gasteiger partial charge >= 0.3 is 5.97 Å². The number of benzene rings is 2. The van der Waals surface area contributed by atoms with Crippen LogP contribution in [-0.4, -0.2) is 12.6 Å². The van der Waals surface area contributed by atoms with Crippen LogP contribution in [0.25, 0.3) is 6.08 Å². The summed E-state index contributed by atoms with van der Waals surface area (Å²) >= 11 is 0. The molecule has 33 heavy (non-hydrogen) atoms. The van der Waals surface area contributed by atoms with Crippen molar-refractivity contribution in [2.24, 2.45) is 5.92 Å². The molecule has 0 heterocycles. The van der Waals surface area contributed by atoms with Gasteiger partial charge in [-0.1, -0.05) is 63.6 Å². The molecular formula is C31H38O2. The Bertz CT molecular complexity index is 1150. The van der Waals surface area contributed by atoms with Crippen molar-refractivity contribution in [2.45, 2.75) is 89.9 Å². The first-order valence-corrected chi connectivity index (χ1v) is 12.7. The number of esters is 1. The summed E-state index contributed by atoms with van der Waals surface area (Å²) in [5.41, 5.74) is 10.4. The maximum Gasteiger partial charge on any atom is 0.338 e. The second-order valence-electron chi connectivity index (χ2n) is 12.0. The van der Waals surface area contributed by atoms with Crippen molar-refractivity contribution in [3.05, 3.63) is 75.4 Å². The lowest BCUT2D eigenvalue weighted by molar-refractivity contribution is 0.0526. The van der Waals surface area contributed by atoms with Crippen molar-refractivity contribution in [2.75, 3.05) is 6.61 Å². The van der Waals surface area contributed by atoms with Gasteiger partial charge in [-0.25, -0.2) is 4.79 Å². The number of carbonyl (C=O) groups excluding carboxylic acids is 1. The number of hydrogen-bond donors (Lipinski definition) is 0. The van der Waals surface area contributed by atoms with Crippen molar-refractivity contribution in [3.63, 3.8) is 0 Å². The largest absolute Gasteiger partial charge is 0.462 e. The van der Waals surface area contributed by atoms with Crippen LogP contribution in [0.5, 0.6) is 0 Å². The standard InChI is InChI=1S/C31H38O2/c1-7-33-28(32)23-10-8-9-21(17-23)16-22-11-12-31(19-27(22)31)24-18-26-25(15-20(24)2)29(3,4)13-14-30(26,5)6/h8-10,15-18,27H,7,11-14,19H2,1-6H3/b22-16+. The van der Waals surface area contributed by atoms with Crippen LogP contribution in [0.1, 0.15) is 105 Å². The predicted octanol–water partition coefficient (Wildman–Crippen LogP) is 7.66. The highest BCUT2D eigenvalue weighted by atomic mass is 16.5. The van der Waals surface area contributed by atoms with Gasteiger partial charge in [-0.3, -0.25) is 0 Å². The number of rotatable bonds is 4. The highest BCUT2D eigenvalue weighted by molar-refractivity contribution is 5.90. The van der Waals surface area contributed by atoms with Crippen molar-refractivity contribution >= 4 is 12.0 Å². The highest BCUT2D eigenvalue weighted by Crippen LogP contribution is 2.68. The Labute approximate surface area is 199 Å². The summed E-state index contributed by atoms with van der Waals surface area (Å²) in [4.78, 5) is 12.2. The van der Waals surface area contributed by atoms with Crippen LogP contribution in [0.2, 0.25) is 0 Å². The molecule has 3 aliphatic rings. The Morgan fingerprint density at radius 2 is 1.70 bits per heavy atom. The molecule has 2 nitrogen and oxygen atoms in total. The van der Waals surface area contributed by atoms with Gasteiger partial charge in [-0.2, -0.15) is 0 Å². The van der Waals surface area contributed by atoms with Gasteiger partial charge < -0.3 is 4.74 Å². The number of fused-ring (bicyclic) bond motifs is 2. The molecule has 0 aliphatic heterocycles. The number of allylic oxidation sites excluding steroid dienone is 1. The quantitative estimate of drug-likeness (QED) is 0.454. The van der Waals surface area contributed by atoms with E-state index in [1.54, 1.807) is 22.3 Å². The van der Waals surface area contributed by atoms with E-state index in [9.17, 15) is 4.79 Å². The molecule has 0 amide bonds. The van der Waals surface area contributed by atoms with Gasteiger partial charge in [0.2, 0.25) is 0 Å². The third kappa shape index (κ3) is 3.66. The summed E-state index contributed by atoms with van der Waals surface area (Å²) in [7, 11) is 0. The Kier molecular flexibility index (Phi) is 5.16. The third-order valence-corrected chi connectivity index (χ3v) is 8.87. The molecule has 0 saturated heterocycles. The van der Waals surface area contributed by atoms with E-state index in [1.807, 2.05) is 25.1 Å². The average Bonchev–Trinajstić information content (AvgIpc) is 3.41. The molecule has 2 fully saturated rings. The first-order valence-electron chi connectivity index (χ1n) is 12.7. The molecule has 3 aliphatic carbocycles. The van der Waals surface area contributed by atoms with Crippen molar-refractivity contribution in [1.29, 1.82) is 0 Å². The molecule has 2 unspecified atom stereocenters. The van der Waals surface area contributed by atoms with Crippen LogP contribution in [-0.2, 0) is 21.0 Å². The van der Waals surface area contributed by atoms with Crippen molar-refractivity contribution in [3.8, 4) is 0 Å². The van der Waals surface area contributed by atoms with E-state index in [4.69, 9.17) is 4.74 Å². The molecule has 0 radical (unpaired) electrons. The molecule has 0 N–H and O–H groups in total. The van der Waals surface area contributed by atoms with E-state index in [0.717, 1.165) is 12.0 Å². The maximum absolute atomic E-state index is 12.2. The highest BCUT2D eigenvalue weighted by Gasteiger charge is 2.60. The summed E-state index contributed by atoms with van der Waals surface area (Å²) in [5, 5.41) is 0. The molecule has 2 aromatic rings. The fraction of sp³-hybridized carbons (Fsp3) is 0.516. The lowest BCUT2D eigenvalue weighted by Gasteiger charge is -2.43. The van der Waals surface area contributed by atoms with Gasteiger partial charge in [0.1, 0.15) is 0 Å². The molecular weight excluding hydrogens is 404 g/mol. The van der Waals surface area contributed by atoms with Gasteiger partial charge in [0, 0.05) is 5.41 Å². The molecule has 0 spiro atoms. The molecule has 2 atom stereocenters. The lowest BCUT2D eigenvalue weighted by atomic mass is 9.62. The van der Waals surface area contributed by atoms with Gasteiger partial charge in [-0.05, 0) is 103 Å². The van der Waals surface area contributed by atoms with E-state index in [1.165, 1.54) is 31.2 Å². The maximum atomic E-state index is 12.2. The van der Waals surface area contributed by atoms with Crippen LogP contribution in [0.3, 0.4) is 0 Å². The topological polar surface area (TPSA) is 26.3 Å². The minimum atomic E-state index is -0.236. The molecule has 0 aromatic heterocycles. The van der Waals surface area contributed by atoms with Gasteiger partial charge in [0.05, 0.1) is 12.2 Å². The average molecular weight is 443 g/mol. The monoisotopic (exact) mass is 442 g/mol. The number of hydrogen-bond acceptors (Lipinski definition) is 2. The molecule has 5 rings (SSSR count). The smallest absolute Gasteiger partial charge is 0.338 e. The van der Waals surface area contributed by atoms with E-state index in [-0.39, 0.29) is 16.8 Å². The zero-order chi connectivity index (χ0) is 23.6. The van der Waals surface area contributed by atoms with E-state index in [0.29, 0.717) is 23.5 Å². The zero-order valence-corrected chi connectivity index (χ0v) is 21.2. The lowest BCUT2D eigenvalue weighted by Crippen LogP contribution is -2.34. The third-order valence-electron chi connectivity index (χ3n) is 8.87. The van der Waals surface area contributed by atoms with E-state index >= 15 is 0 Å². The first-order chi connectivity index (χ1) is 15.6. The number of aryl methyl sites for hydroxylation is 1. The van der Waals surface area contributed by atoms with Crippen LogP contribution in [0, 0.1) is 12.8 Å². The minimum absolute atomic E-state index is 0.236. The first kappa shape index (κ1) is 22.4. The summed E-state index contributed by atoms with van der Waals surface area (Å²) in [6.45, 7) is 14.3. The molecule has 174 valence electrons. The Hall–Kier alpha value is -2.35. The predicted molar refractivity (Wildman–Crippen MR) is 136 cm³/mol. The molecule has 2 heteroatoms. The van der Waals surface area contributed by atoms with Gasteiger partial charge in [0.25, 0.3) is 0 Å². The van der Waals surface area contributed by atoms with Crippen molar-refractivity contribution in [1.82, 2.24) is 0 Å². The fourth-order valence-corrected chi connectivity index (χ4v) is 6.66. The second kappa shape index (κ2) is 7.58. The van der Waals surface area contributed by atoms with Gasteiger partial charge in [-0.15, -0.1) is 0 Å². The summed E-state index contributed by atoms with van der Waals surface area (Å²) in [6.07, 6.45) is 8.51. The van der Waals surface area contributed by atoms with Crippen LogP contribution in [0.15, 0.2) is 42.0 Å². The van der Waals surface area contributed by atoms with Gasteiger partial charge in [0.15, 0.2) is 0 Å². The summed E-state index contributed by atoms with van der Waals surface area (Å²) < 4.78 is 5.19. The summed E-state index contributed by atoms with van der Waals surface area (Å²) in [5.74, 6) is 0.403. The fourth-order valence-electron chi connectivity index (χ4n) is 6.66. The number of ether oxygens (including phenoxy) is 1. The van der Waals surface area contributed by atoms with Crippen LogP contribution < -0.4 is 0 Å². The zero-order valence-electron chi connectivity index (χ0n) is 21.2. The van der Waals surface area contributed by atoms with Crippen LogP contribution >= 0.6 is 0 Å². The summed E-state index contributed by atoms with van der Waals surface area (Å²) in [6, 6.07) is 13.0. The molecule has 2 aromatic carbocycles. The van der Waals surface area contributed by atoms with Crippen LogP contribution in [0.4, 0.5) is 0 Å². The minimum Gasteiger partial charge on any atom is -0.462 e. The number of carbonyl (C=O) groups is 1. The second-order valence-corrected chi connectivity index (χ2v) is 12.0.